The van der Waals surface area contributed by atoms with Gasteiger partial charge in [-0.25, -0.2) is 9.59 Å². The maximum atomic E-state index is 10.5. The van der Waals surface area contributed by atoms with Crippen LogP contribution in [0, 0.1) is 0 Å². The first kappa shape index (κ1) is 27.4. The molecule has 0 bridgehead atoms. The third-order valence-corrected chi connectivity index (χ3v) is 2.33. The van der Waals surface area contributed by atoms with E-state index in [0.717, 1.165) is 12.8 Å². The Hall–Kier alpha value is -2.41. The topological polar surface area (TPSA) is 113 Å². The first-order valence-electron chi connectivity index (χ1n) is 7.61. The second-order valence-electron chi connectivity index (χ2n) is 4.91. The molecule has 0 saturated heterocycles. The summed E-state index contributed by atoms with van der Waals surface area (Å²) >= 11 is 0. The molecule has 0 aromatic heterocycles. The van der Waals surface area contributed by atoms with Crippen molar-refractivity contribution in [3.05, 3.63) is 36.5 Å². The molecule has 0 aliphatic carbocycles. The van der Waals surface area contributed by atoms with Gasteiger partial charge in [-0.3, -0.25) is 0 Å². The first-order valence-corrected chi connectivity index (χ1v) is 7.61. The lowest BCUT2D eigenvalue weighted by Gasteiger charge is -2.03. The number of carbonyl (C=O) groups is 3. The van der Waals surface area contributed by atoms with E-state index in [1.54, 1.807) is 13.8 Å². The molecule has 0 heterocycles. The van der Waals surface area contributed by atoms with Gasteiger partial charge >= 0.3 is 11.9 Å². The van der Waals surface area contributed by atoms with E-state index in [1.807, 2.05) is 6.92 Å². The zero-order chi connectivity index (χ0) is 20.4. The van der Waals surface area contributed by atoms with Crippen molar-refractivity contribution in [1.29, 1.82) is 0 Å². The monoisotopic (exact) mass is 357 g/mol. The number of aliphatic hydroxyl groups is 1. The van der Waals surface area contributed by atoms with Crippen molar-refractivity contribution in [2.24, 2.45) is 0 Å². The Morgan fingerprint density at radius 1 is 1.04 bits per heavy atom. The van der Waals surface area contributed by atoms with Crippen LogP contribution in [0.25, 0.3) is 0 Å². The van der Waals surface area contributed by atoms with Crippen LogP contribution in [0.3, 0.4) is 0 Å². The van der Waals surface area contributed by atoms with Crippen LogP contribution in [0.5, 0.6) is 0 Å². The van der Waals surface area contributed by atoms with Crippen molar-refractivity contribution in [3.63, 3.8) is 0 Å². The number of carboxylic acid groups (broad SMARTS) is 1. The van der Waals surface area contributed by atoms with Crippen LogP contribution in [0.1, 0.15) is 40.0 Å². The molecule has 0 aromatic carbocycles. The van der Waals surface area contributed by atoms with Gasteiger partial charge in [0.05, 0.1) is 19.7 Å². The fraction of sp³-hybridized carbons (Fsp3) is 0.500. The molecule has 1 N–H and O–H groups in total. The second-order valence-corrected chi connectivity index (χ2v) is 4.91. The second kappa shape index (κ2) is 17.9. The van der Waals surface area contributed by atoms with Gasteiger partial charge in [0.2, 0.25) is 0 Å². The highest BCUT2D eigenvalue weighted by Gasteiger charge is 1.99. The number of methoxy groups -OCH3 is 1. The molecule has 0 saturated carbocycles. The van der Waals surface area contributed by atoms with E-state index in [4.69, 9.17) is 5.11 Å². The highest BCUT2D eigenvalue weighted by atomic mass is 16.5. The van der Waals surface area contributed by atoms with Crippen molar-refractivity contribution in [1.82, 2.24) is 0 Å². The normalized spacial score (nSPS) is 8.52. The minimum atomic E-state index is -1.12. The quantitative estimate of drug-likeness (QED) is 0.515. The standard InChI is InChI=1S/C7H12O2.C6H10O3.C5H8O2/c1-3-4-5-6(2)7(8)9;1-5(2)6(8)9-4-3-7;1-4(2)5(6)7-3/h2-5H2,1H3,(H,8,9);7H,1,3-4H2,2H3;1H2,2-3H3/p-1. The van der Waals surface area contributed by atoms with Crippen LogP contribution in [0.4, 0.5) is 0 Å². The molecule has 0 aromatic rings. The molecule has 0 aliphatic rings. The average Bonchev–Trinajstić information content (AvgIpc) is 2.57. The van der Waals surface area contributed by atoms with Crippen molar-refractivity contribution in [2.45, 2.75) is 40.0 Å². The summed E-state index contributed by atoms with van der Waals surface area (Å²) in [4.78, 5) is 30.7. The molecule has 7 nitrogen and oxygen atoms in total. The van der Waals surface area contributed by atoms with Crippen molar-refractivity contribution < 1.29 is 34.1 Å². The van der Waals surface area contributed by atoms with Crippen molar-refractivity contribution in [3.8, 4) is 0 Å². The SMILES string of the molecule is C=C(C)C(=O)OC.C=C(C)C(=O)OCCO.C=C(CCCC)C(=O)[O-]. The molecule has 0 aliphatic heterocycles. The Balaban J connectivity index is -0.000000293. The van der Waals surface area contributed by atoms with Gasteiger partial charge in [-0.05, 0) is 32.3 Å². The molecule has 144 valence electrons. The number of ether oxygens (including phenoxy) is 2. The fourth-order valence-electron chi connectivity index (χ4n) is 0.928. The van der Waals surface area contributed by atoms with Gasteiger partial charge in [0.15, 0.2) is 0 Å². The molecule has 0 amide bonds. The molecule has 0 radical (unpaired) electrons. The summed E-state index contributed by atoms with van der Waals surface area (Å²) in [5, 5.41) is 18.2. The zero-order valence-electron chi connectivity index (χ0n) is 15.6. The van der Waals surface area contributed by atoms with Crippen LogP contribution in [0.15, 0.2) is 36.5 Å². The smallest absolute Gasteiger partial charge is 0.333 e. The van der Waals surface area contributed by atoms with Gasteiger partial charge < -0.3 is 24.5 Å². The van der Waals surface area contributed by atoms with Crippen LogP contribution < -0.4 is 5.11 Å². The molecule has 7 heteroatoms. The first-order chi connectivity index (χ1) is 11.5. The molecule has 25 heavy (non-hydrogen) atoms. The highest BCUT2D eigenvalue weighted by Crippen LogP contribution is 2.02. The molecular formula is C18H29O7-. The van der Waals surface area contributed by atoms with Gasteiger partial charge in [0.25, 0.3) is 0 Å². The van der Waals surface area contributed by atoms with E-state index in [0.29, 0.717) is 17.6 Å². The van der Waals surface area contributed by atoms with E-state index in [-0.39, 0.29) is 24.8 Å². The Morgan fingerprint density at radius 2 is 1.52 bits per heavy atom. The Kier molecular flexibility index (Phi) is 19.7. The number of aliphatic carboxylic acids is 1. The van der Waals surface area contributed by atoms with Gasteiger partial charge in [-0.1, -0.05) is 33.1 Å². The molecule has 0 spiro atoms. The summed E-state index contributed by atoms with van der Waals surface area (Å²) in [6.45, 7) is 15.1. The Labute approximate surface area is 149 Å². The van der Waals surface area contributed by atoms with Gasteiger partial charge in [-0.15, -0.1) is 0 Å². The highest BCUT2D eigenvalue weighted by molar-refractivity contribution is 5.87. The summed E-state index contributed by atoms with van der Waals surface area (Å²) in [6.07, 6.45) is 2.43. The minimum Gasteiger partial charge on any atom is -0.545 e. The number of carbonyl (C=O) groups excluding carboxylic acids is 3. The van der Waals surface area contributed by atoms with Gasteiger partial charge in [-0.2, -0.15) is 0 Å². The number of aliphatic hydroxyl groups excluding tert-OH is 1. The number of carboxylic acids is 1. The zero-order valence-corrected chi connectivity index (χ0v) is 15.6. The molecule has 0 rings (SSSR count). The van der Waals surface area contributed by atoms with E-state index in [1.165, 1.54) is 7.11 Å². The summed E-state index contributed by atoms with van der Waals surface area (Å²) in [5.41, 5.74) is 0.989. The van der Waals surface area contributed by atoms with Crippen LogP contribution in [0.2, 0.25) is 0 Å². The fourth-order valence-corrected chi connectivity index (χ4v) is 0.928. The number of esters is 2. The summed E-state index contributed by atoms with van der Waals surface area (Å²) < 4.78 is 8.74. The summed E-state index contributed by atoms with van der Waals surface area (Å²) in [7, 11) is 1.33. The third-order valence-electron chi connectivity index (χ3n) is 2.33. The third kappa shape index (κ3) is 21.6. The molecule has 0 fully saturated rings. The van der Waals surface area contributed by atoms with E-state index >= 15 is 0 Å². The van der Waals surface area contributed by atoms with Crippen LogP contribution >= 0.6 is 0 Å². The lowest BCUT2D eigenvalue weighted by atomic mass is 10.1. The largest absolute Gasteiger partial charge is 0.545 e. The number of hydrogen-bond donors (Lipinski definition) is 1. The number of hydrogen-bond acceptors (Lipinski definition) is 7. The van der Waals surface area contributed by atoms with Crippen LogP contribution in [-0.4, -0.2) is 43.3 Å². The maximum absolute atomic E-state index is 10.5. The predicted octanol–water partition coefficient (Wildman–Crippen LogP) is 1.32. The van der Waals surface area contributed by atoms with E-state index < -0.39 is 11.9 Å². The predicted molar refractivity (Wildman–Crippen MR) is 93.4 cm³/mol. The summed E-state index contributed by atoms with van der Waals surface area (Å²) in [5.74, 6) is -1.92. The van der Waals surface area contributed by atoms with E-state index in [2.05, 4.69) is 29.2 Å². The lowest BCUT2D eigenvalue weighted by molar-refractivity contribution is -0.299. The summed E-state index contributed by atoms with van der Waals surface area (Å²) in [6, 6.07) is 0. The lowest BCUT2D eigenvalue weighted by Crippen LogP contribution is -2.23. The van der Waals surface area contributed by atoms with Gasteiger partial charge in [0.1, 0.15) is 6.61 Å². The maximum Gasteiger partial charge on any atom is 0.333 e. The average molecular weight is 357 g/mol. The van der Waals surface area contributed by atoms with Crippen molar-refractivity contribution in [2.75, 3.05) is 20.3 Å². The number of unbranched alkanes of at least 4 members (excludes halogenated alkanes) is 1. The van der Waals surface area contributed by atoms with E-state index in [9.17, 15) is 19.5 Å². The Bertz CT molecular complexity index is 434. The number of rotatable bonds is 8. The molecule has 0 unspecified atom stereocenters. The molecule has 0 atom stereocenters. The molecular weight excluding hydrogens is 328 g/mol. The Morgan fingerprint density at radius 3 is 1.76 bits per heavy atom. The van der Waals surface area contributed by atoms with Gasteiger partial charge in [0, 0.05) is 11.1 Å². The van der Waals surface area contributed by atoms with Crippen LogP contribution in [-0.2, 0) is 23.9 Å². The minimum absolute atomic E-state index is 0.0473. The van der Waals surface area contributed by atoms with Crippen molar-refractivity contribution >= 4 is 17.9 Å².